The van der Waals surface area contributed by atoms with Gasteiger partial charge < -0.3 is 10.6 Å². The van der Waals surface area contributed by atoms with Crippen molar-refractivity contribution in [2.75, 3.05) is 13.1 Å². The SMILES string of the molecule is CC(C)C(C)CC(=O)NC1CNCCC1c1ccc(F)c(F)c1.Cl. The average molecular weight is 361 g/mol. The molecule has 1 aromatic rings. The molecule has 0 aliphatic carbocycles. The minimum Gasteiger partial charge on any atom is -0.351 e. The molecular formula is C18H27ClF2N2O. The number of hydrogen-bond acceptors (Lipinski definition) is 2. The van der Waals surface area contributed by atoms with E-state index in [0.717, 1.165) is 24.6 Å². The van der Waals surface area contributed by atoms with Crippen molar-refractivity contribution in [1.82, 2.24) is 10.6 Å². The number of nitrogens with one attached hydrogen (secondary N) is 2. The summed E-state index contributed by atoms with van der Waals surface area (Å²) in [7, 11) is 0. The Labute approximate surface area is 149 Å². The lowest BCUT2D eigenvalue weighted by Crippen LogP contribution is -2.50. The maximum Gasteiger partial charge on any atom is 0.220 e. The highest BCUT2D eigenvalue weighted by Crippen LogP contribution is 2.27. The quantitative estimate of drug-likeness (QED) is 0.841. The van der Waals surface area contributed by atoms with Crippen molar-refractivity contribution in [3.63, 3.8) is 0 Å². The lowest BCUT2D eigenvalue weighted by molar-refractivity contribution is -0.123. The summed E-state index contributed by atoms with van der Waals surface area (Å²) in [5.41, 5.74) is 0.743. The fourth-order valence-corrected chi connectivity index (χ4v) is 2.95. The molecule has 6 heteroatoms. The van der Waals surface area contributed by atoms with Gasteiger partial charge in [0.05, 0.1) is 0 Å². The lowest BCUT2D eigenvalue weighted by atomic mass is 9.85. The van der Waals surface area contributed by atoms with Crippen molar-refractivity contribution in [1.29, 1.82) is 0 Å². The Hall–Kier alpha value is -1.20. The van der Waals surface area contributed by atoms with E-state index in [4.69, 9.17) is 0 Å². The largest absolute Gasteiger partial charge is 0.351 e. The predicted octanol–water partition coefficient (Wildman–Crippen LogP) is 3.63. The minimum atomic E-state index is -0.839. The van der Waals surface area contributed by atoms with Gasteiger partial charge in [-0.15, -0.1) is 12.4 Å². The van der Waals surface area contributed by atoms with Crippen LogP contribution in [0.5, 0.6) is 0 Å². The second-order valence-electron chi connectivity index (χ2n) is 6.87. The number of benzene rings is 1. The van der Waals surface area contributed by atoms with Gasteiger partial charge in [-0.05, 0) is 42.5 Å². The minimum absolute atomic E-state index is 0. The summed E-state index contributed by atoms with van der Waals surface area (Å²) in [6.07, 6.45) is 1.27. The van der Waals surface area contributed by atoms with Crippen molar-refractivity contribution in [2.45, 2.75) is 45.6 Å². The third-order valence-corrected chi connectivity index (χ3v) is 4.85. The van der Waals surface area contributed by atoms with E-state index in [-0.39, 0.29) is 30.3 Å². The monoisotopic (exact) mass is 360 g/mol. The molecule has 0 saturated carbocycles. The average Bonchev–Trinajstić information content (AvgIpc) is 2.50. The fraction of sp³-hybridized carbons (Fsp3) is 0.611. The van der Waals surface area contributed by atoms with E-state index in [0.29, 0.717) is 24.8 Å². The Kier molecular flexibility index (Phi) is 8.10. The first kappa shape index (κ1) is 20.8. The third kappa shape index (κ3) is 5.42. The zero-order valence-corrected chi connectivity index (χ0v) is 15.3. The van der Waals surface area contributed by atoms with Crippen LogP contribution in [0.25, 0.3) is 0 Å². The number of hydrogen-bond donors (Lipinski definition) is 2. The molecule has 3 nitrogen and oxygen atoms in total. The van der Waals surface area contributed by atoms with E-state index in [9.17, 15) is 13.6 Å². The molecule has 136 valence electrons. The Bertz CT molecular complexity index is 554. The molecule has 3 unspecified atom stereocenters. The molecule has 0 bridgehead atoms. The number of rotatable bonds is 5. The van der Waals surface area contributed by atoms with Crippen LogP contribution in [0.4, 0.5) is 8.78 Å². The van der Waals surface area contributed by atoms with Crippen LogP contribution in [0.1, 0.15) is 45.1 Å². The summed E-state index contributed by atoms with van der Waals surface area (Å²) in [6.45, 7) is 7.72. The molecule has 1 heterocycles. The topological polar surface area (TPSA) is 41.1 Å². The van der Waals surface area contributed by atoms with Crippen molar-refractivity contribution in [3.8, 4) is 0 Å². The van der Waals surface area contributed by atoms with Gasteiger partial charge in [-0.2, -0.15) is 0 Å². The normalized spacial score (nSPS) is 21.9. The van der Waals surface area contributed by atoms with Crippen LogP contribution in [-0.4, -0.2) is 25.0 Å². The highest BCUT2D eigenvalue weighted by Gasteiger charge is 2.28. The van der Waals surface area contributed by atoms with Crippen LogP contribution < -0.4 is 10.6 Å². The first-order chi connectivity index (χ1) is 10.9. The smallest absolute Gasteiger partial charge is 0.220 e. The molecule has 2 N–H and O–H groups in total. The van der Waals surface area contributed by atoms with Gasteiger partial charge in [-0.1, -0.05) is 26.8 Å². The molecule has 24 heavy (non-hydrogen) atoms. The van der Waals surface area contributed by atoms with Gasteiger partial charge >= 0.3 is 0 Å². The molecule has 1 amide bonds. The number of carbonyl (C=O) groups is 1. The summed E-state index contributed by atoms with van der Waals surface area (Å²) >= 11 is 0. The molecule has 1 aliphatic heterocycles. The zero-order valence-electron chi connectivity index (χ0n) is 14.4. The van der Waals surface area contributed by atoms with Crippen molar-refractivity contribution in [3.05, 3.63) is 35.4 Å². The second-order valence-corrected chi connectivity index (χ2v) is 6.87. The molecule has 3 atom stereocenters. The number of piperidine rings is 1. The van der Waals surface area contributed by atoms with Crippen LogP contribution in [0.2, 0.25) is 0 Å². The molecule has 0 radical (unpaired) electrons. The highest BCUT2D eigenvalue weighted by atomic mass is 35.5. The second kappa shape index (κ2) is 9.33. The molecule has 2 rings (SSSR count). The maximum absolute atomic E-state index is 13.5. The first-order valence-electron chi connectivity index (χ1n) is 8.33. The van der Waals surface area contributed by atoms with Crippen LogP contribution in [0, 0.1) is 23.5 Å². The molecule has 1 fully saturated rings. The summed E-state index contributed by atoms with van der Waals surface area (Å²) in [6, 6.07) is 3.93. The van der Waals surface area contributed by atoms with Gasteiger partial charge in [-0.3, -0.25) is 4.79 Å². The van der Waals surface area contributed by atoms with E-state index < -0.39 is 11.6 Å². The number of amides is 1. The van der Waals surface area contributed by atoms with Gasteiger partial charge in [0.25, 0.3) is 0 Å². The Morgan fingerprint density at radius 2 is 2.00 bits per heavy atom. The summed E-state index contributed by atoms with van der Waals surface area (Å²) in [5.74, 6) is -0.883. The van der Waals surface area contributed by atoms with Crippen molar-refractivity contribution >= 4 is 18.3 Å². The van der Waals surface area contributed by atoms with Crippen LogP contribution in [0.3, 0.4) is 0 Å². The summed E-state index contributed by atoms with van der Waals surface area (Å²) < 4.78 is 26.6. The lowest BCUT2D eigenvalue weighted by Gasteiger charge is -2.33. The van der Waals surface area contributed by atoms with Crippen LogP contribution in [-0.2, 0) is 4.79 Å². The van der Waals surface area contributed by atoms with Crippen molar-refractivity contribution < 1.29 is 13.6 Å². The molecule has 0 spiro atoms. The predicted molar refractivity (Wildman–Crippen MR) is 94.4 cm³/mol. The number of carbonyl (C=O) groups excluding carboxylic acids is 1. The van der Waals surface area contributed by atoms with E-state index in [1.807, 2.05) is 0 Å². The Morgan fingerprint density at radius 3 is 2.62 bits per heavy atom. The highest BCUT2D eigenvalue weighted by molar-refractivity contribution is 5.85. The zero-order chi connectivity index (χ0) is 17.0. The number of halogens is 3. The Morgan fingerprint density at radius 1 is 1.29 bits per heavy atom. The standard InChI is InChI=1S/C18H26F2N2O.ClH/c1-11(2)12(3)8-18(23)22-17-10-21-7-6-14(17)13-4-5-15(19)16(20)9-13;/h4-5,9,11-12,14,17,21H,6-8,10H2,1-3H3,(H,22,23);1H. The van der Waals surface area contributed by atoms with E-state index in [1.165, 1.54) is 6.07 Å². The van der Waals surface area contributed by atoms with Gasteiger partial charge in [0.15, 0.2) is 11.6 Å². The van der Waals surface area contributed by atoms with E-state index >= 15 is 0 Å². The third-order valence-electron chi connectivity index (χ3n) is 4.85. The van der Waals surface area contributed by atoms with Gasteiger partial charge in [0.2, 0.25) is 5.91 Å². The van der Waals surface area contributed by atoms with Crippen molar-refractivity contribution in [2.24, 2.45) is 11.8 Å². The van der Waals surface area contributed by atoms with Gasteiger partial charge in [0.1, 0.15) is 0 Å². The molecule has 1 aliphatic rings. The molecular weight excluding hydrogens is 334 g/mol. The van der Waals surface area contributed by atoms with Crippen LogP contribution in [0.15, 0.2) is 18.2 Å². The summed E-state index contributed by atoms with van der Waals surface area (Å²) in [4.78, 5) is 12.3. The van der Waals surface area contributed by atoms with E-state index in [1.54, 1.807) is 6.07 Å². The first-order valence-corrected chi connectivity index (χ1v) is 8.33. The summed E-state index contributed by atoms with van der Waals surface area (Å²) in [5, 5.41) is 6.33. The molecule has 1 aromatic carbocycles. The fourth-order valence-electron chi connectivity index (χ4n) is 2.95. The van der Waals surface area contributed by atoms with Crippen LogP contribution >= 0.6 is 12.4 Å². The van der Waals surface area contributed by atoms with E-state index in [2.05, 4.69) is 31.4 Å². The van der Waals surface area contributed by atoms with Gasteiger partial charge in [0, 0.05) is 24.9 Å². The van der Waals surface area contributed by atoms with Gasteiger partial charge in [-0.25, -0.2) is 8.78 Å². The molecule has 0 aromatic heterocycles. The Balaban J connectivity index is 0.00000288. The maximum atomic E-state index is 13.5. The molecule has 1 saturated heterocycles.